The molecule has 0 unspecified atom stereocenters. The molecule has 2 N–H and O–H groups in total. The molecule has 0 spiro atoms. The maximum atomic E-state index is 5.60. The second-order valence-electron chi connectivity index (χ2n) is 1.70. The fourth-order valence-electron chi connectivity index (χ4n) is 0.525. The fourth-order valence-corrected chi connectivity index (χ4v) is 0.845. The predicted molar refractivity (Wildman–Crippen MR) is 48.9 cm³/mol. The zero-order valence-corrected chi connectivity index (χ0v) is 9.28. The number of nitrogens with two attached hydrogens (primary N) is 1. The third-order valence-corrected chi connectivity index (χ3v) is 1.63. The molecule has 1 nitrogen and oxygen atoms in total. The van der Waals surface area contributed by atoms with Crippen LogP contribution in [0.4, 0.5) is 5.69 Å². The van der Waals surface area contributed by atoms with Crippen molar-refractivity contribution in [3.63, 3.8) is 0 Å². The van der Waals surface area contributed by atoms with E-state index in [2.05, 4.69) is 12.6 Å². The van der Waals surface area contributed by atoms with Gasteiger partial charge in [0.2, 0.25) is 0 Å². The largest absolute Gasteiger partial charge is 0.398 e. The number of hydrogen-bond donors (Lipinski definition) is 2. The van der Waals surface area contributed by atoms with Gasteiger partial charge in [-0.15, -0.1) is 12.6 Å². The van der Waals surface area contributed by atoms with E-state index in [1.807, 2.05) is 0 Å². The van der Waals surface area contributed by atoms with Crippen LogP contribution in [0.25, 0.3) is 0 Å². The molecule has 0 saturated carbocycles. The molecule has 0 saturated heterocycles. The molecule has 0 aliphatic rings. The van der Waals surface area contributed by atoms with Crippen molar-refractivity contribution in [2.75, 3.05) is 5.73 Å². The summed E-state index contributed by atoms with van der Waals surface area (Å²) in [7, 11) is 0. The van der Waals surface area contributed by atoms with E-state index < -0.39 is 0 Å². The molecule has 0 bridgehead atoms. The summed E-state index contributed by atoms with van der Waals surface area (Å²) in [6, 6.07) is 5.19. The number of nitrogen functional groups attached to an aromatic ring is 1. The summed E-state index contributed by atoms with van der Waals surface area (Å²) in [6.07, 6.45) is 0. The molecule has 1 aromatic carbocycles. The number of thiol groups is 1. The fraction of sp³-hybridized carbons (Fsp3) is 0. The Hall–Kier alpha value is 0.660. The van der Waals surface area contributed by atoms with Gasteiger partial charge in [-0.2, -0.15) is 0 Å². The van der Waals surface area contributed by atoms with Crippen LogP contribution >= 0.6 is 24.2 Å². The van der Waals surface area contributed by atoms with Gasteiger partial charge in [0.25, 0.3) is 0 Å². The molecular formula is C6H6ClNNaS. The van der Waals surface area contributed by atoms with Crippen molar-refractivity contribution < 1.29 is 0 Å². The Bertz CT molecular complexity index is 229. The molecule has 0 atom stereocenters. The van der Waals surface area contributed by atoms with Crippen molar-refractivity contribution in [1.29, 1.82) is 0 Å². The second kappa shape index (κ2) is 4.52. The Morgan fingerprint density at radius 1 is 1.40 bits per heavy atom. The molecule has 1 aromatic rings. The van der Waals surface area contributed by atoms with E-state index in [-0.39, 0.29) is 29.6 Å². The first-order valence-electron chi connectivity index (χ1n) is 2.44. The SMILES string of the molecule is Nc1cc(Cl)ccc1S.[Na]. The summed E-state index contributed by atoms with van der Waals surface area (Å²) >= 11 is 9.66. The molecule has 0 aromatic heterocycles. The van der Waals surface area contributed by atoms with Gasteiger partial charge in [0.1, 0.15) is 0 Å². The van der Waals surface area contributed by atoms with E-state index in [4.69, 9.17) is 17.3 Å². The molecule has 0 heterocycles. The number of hydrogen-bond acceptors (Lipinski definition) is 2. The molecule has 1 rings (SSSR count). The average Bonchev–Trinajstić information content (AvgIpc) is 1.80. The van der Waals surface area contributed by atoms with Gasteiger partial charge in [0, 0.05) is 45.2 Å². The van der Waals surface area contributed by atoms with Crippen molar-refractivity contribution in [3.05, 3.63) is 23.2 Å². The quantitative estimate of drug-likeness (QED) is 0.357. The van der Waals surface area contributed by atoms with E-state index in [0.717, 1.165) is 4.90 Å². The average molecular weight is 183 g/mol. The van der Waals surface area contributed by atoms with Crippen molar-refractivity contribution in [1.82, 2.24) is 0 Å². The Morgan fingerprint density at radius 3 is 2.40 bits per heavy atom. The van der Waals surface area contributed by atoms with Crippen LogP contribution in [0.5, 0.6) is 0 Å². The van der Waals surface area contributed by atoms with Crippen molar-refractivity contribution in [2.24, 2.45) is 0 Å². The second-order valence-corrected chi connectivity index (χ2v) is 2.62. The Kier molecular flexibility index (Phi) is 4.82. The van der Waals surface area contributed by atoms with Gasteiger partial charge in [0.05, 0.1) is 0 Å². The van der Waals surface area contributed by atoms with E-state index >= 15 is 0 Å². The van der Waals surface area contributed by atoms with Gasteiger partial charge in [-0.05, 0) is 18.2 Å². The van der Waals surface area contributed by atoms with Gasteiger partial charge >= 0.3 is 0 Å². The molecule has 0 amide bonds. The van der Waals surface area contributed by atoms with E-state index in [1.165, 1.54) is 0 Å². The van der Waals surface area contributed by atoms with Gasteiger partial charge in [-0.3, -0.25) is 0 Å². The number of anilines is 1. The van der Waals surface area contributed by atoms with Crippen molar-refractivity contribution in [3.8, 4) is 0 Å². The number of rotatable bonds is 0. The maximum Gasteiger partial charge on any atom is 0.0464 e. The van der Waals surface area contributed by atoms with Gasteiger partial charge in [-0.1, -0.05) is 11.6 Å². The molecule has 49 valence electrons. The van der Waals surface area contributed by atoms with Gasteiger partial charge in [-0.25, -0.2) is 0 Å². The summed E-state index contributed by atoms with van der Waals surface area (Å²) in [5.41, 5.74) is 6.08. The predicted octanol–water partition coefficient (Wildman–Crippen LogP) is 1.83. The minimum absolute atomic E-state index is 0. The van der Waals surface area contributed by atoms with Crippen LogP contribution in [0.1, 0.15) is 0 Å². The summed E-state index contributed by atoms with van der Waals surface area (Å²) in [5.74, 6) is 0. The molecule has 0 aliphatic heterocycles. The molecule has 1 radical (unpaired) electrons. The number of benzene rings is 1. The molecule has 10 heavy (non-hydrogen) atoms. The van der Waals surface area contributed by atoms with Crippen LogP contribution < -0.4 is 5.73 Å². The topological polar surface area (TPSA) is 26.0 Å². The molecular weight excluding hydrogens is 177 g/mol. The molecule has 4 heteroatoms. The van der Waals surface area contributed by atoms with Gasteiger partial charge < -0.3 is 5.73 Å². The van der Waals surface area contributed by atoms with Crippen LogP contribution in [0.2, 0.25) is 5.02 Å². The summed E-state index contributed by atoms with van der Waals surface area (Å²) in [4.78, 5) is 0.763. The normalized spacial score (nSPS) is 8.60. The third kappa shape index (κ3) is 2.72. The zero-order valence-electron chi connectivity index (χ0n) is 5.63. The monoisotopic (exact) mass is 182 g/mol. The van der Waals surface area contributed by atoms with Crippen LogP contribution in [-0.2, 0) is 0 Å². The number of halogens is 1. The Balaban J connectivity index is 0.000000810. The summed E-state index contributed by atoms with van der Waals surface area (Å²) < 4.78 is 0. The Morgan fingerprint density at radius 2 is 2.00 bits per heavy atom. The molecule has 0 fully saturated rings. The van der Waals surface area contributed by atoms with Crippen molar-refractivity contribution in [2.45, 2.75) is 4.90 Å². The first-order chi connectivity index (χ1) is 4.20. The first kappa shape index (κ1) is 10.7. The van der Waals surface area contributed by atoms with Crippen LogP contribution in [-0.4, -0.2) is 29.6 Å². The van der Waals surface area contributed by atoms with Crippen molar-refractivity contribution >= 4 is 59.5 Å². The summed E-state index contributed by atoms with van der Waals surface area (Å²) in [5, 5.41) is 0.644. The van der Waals surface area contributed by atoms with Gasteiger partial charge in [0.15, 0.2) is 0 Å². The van der Waals surface area contributed by atoms with E-state index in [9.17, 15) is 0 Å². The van der Waals surface area contributed by atoms with E-state index in [0.29, 0.717) is 10.7 Å². The zero-order chi connectivity index (χ0) is 6.85. The smallest absolute Gasteiger partial charge is 0.0464 e. The first-order valence-corrected chi connectivity index (χ1v) is 3.26. The van der Waals surface area contributed by atoms with Crippen LogP contribution in [0.3, 0.4) is 0 Å². The van der Waals surface area contributed by atoms with E-state index in [1.54, 1.807) is 18.2 Å². The van der Waals surface area contributed by atoms with Crippen LogP contribution in [0, 0.1) is 0 Å². The maximum absolute atomic E-state index is 5.60. The summed E-state index contributed by atoms with van der Waals surface area (Å²) in [6.45, 7) is 0. The Labute approximate surface area is 92.6 Å². The molecule has 0 aliphatic carbocycles. The van der Waals surface area contributed by atoms with Crippen LogP contribution in [0.15, 0.2) is 23.1 Å². The minimum Gasteiger partial charge on any atom is -0.398 e. The minimum atomic E-state index is 0. The standard InChI is InChI=1S/C6H6ClNS.Na/c7-4-1-2-6(9)5(8)3-4;/h1-3,9H,8H2;. The third-order valence-electron chi connectivity index (χ3n) is 0.990.